The van der Waals surface area contributed by atoms with Crippen molar-refractivity contribution in [3.05, 3.63) is 0 Å². The average molecular weight is 402 g/mol. The van der Waals surface area contributed by atoms with Gasteiger partial charge in [0.2, 0.25) is 0 Å². The highest BCUT2D eigenvalue weighted by atomic mass is 16.7. The van der Waals surface area contributed by atoms with E-state index in [1.165, 1.54) is 0 Å². The van der Waals surface area contributed by atoms with Crippen molar-refractivity contribution in [2.45, 2.75) is 78.1 Å². The van der Waals surface area contributed by atoms with Gasteiger partial charge < -0.3 is 9.47 Å². The number of nitrogens with zero attached hydrogens (tertiary/aromatic N) is 2. The maximum absolute atomic E-state index is 11.7. The highest BCUT2D eigenvalue weighted by Crippen LogP contribution is 2.04. The molecule has 0 aromatic carbocycles. The Kier molecular flexibility index (Phi) is 14.6. The number of esters is 2. The second-order valence-corrected chi connectivity index (χ2v) is 6.53. The summed E-state index contributed by atoms with van der Waals surface area (Å²) in [5.74, 6) is 7.70. The molecule has 2 amide bonds. The van der Waals surface area contributed by atoms with E-state index in [0.717, 1.165) is 51.4 Å². The van der Waals surface area contributed by atoms with Crippen LogP contribution in [0.2, 0.25) is 0 Å². The highest BCUT2D eigenvalue weighted by Gasteiger charge is 2.27. The van der Waals surface area contributed by atoms with Gasteiger partial charge in [0.25, 0.3) is 0 Å². The fourth-order valence-corrected chi connectivity index (χ4v) is 2.31. The van der Waals surface area contributed by atoms with E-state index >= 15 is 0 Å². The zero-order valence-corrected chi connectivity index (χ0v) is 17.0. The number of carbonyl (C=O) groups excluding carboxylic acids is 4. The highest BCUT2D eigenvalue weighted by molar-refractivity contribution is 6.33. The van der Waals surface area contributed by atoms with Crippen molar-refractivity contribution in [2.75, 3.05) is 13.1 Å². The van der Waals surface area contributed by atoms with Gasteiger partial charge in [-0.25, -0.2) is 40.9 Å². The molecule has 10 heteroatoms. The average Bonchev–Trinajstić information content (AvgIpc) is 2.66. The minimum atomic E-state index is -1.63. The Balaban J connectivity index is 4.13. The van der Waals surface area contributed by atoms with Crippen molar-refractivity contribution < 1.29 is 28.7 Å². The molecule has 0 aliphatic carbocycles. The molecule has 162 valence electrons. The fraction of sp³-hybridized carbons (Fsp3) is 0.778. The summed E-state index contributed by atoms with van der Waals surface area (Å²) in [6, 6.07) is 0. The van der Waals surface area contributed by atoms with Crippen molar-refractivity contribution in [3.8, 4) is 0 Å². The second kappa shape index (κ2) is 15.8. The van der Waals surface area contributed by atoms with Gasteiger partial charge in [-0.3, -0.25) is 0 Å². The zero-order chi connectivity index (χ0) is 21.4. The van der Waals surface area contributed by atoms with Crippen LogP contribution in [0, 0.1) is 0 Å². The Morgan fingerprint density at radius 1 is 0.607 bits per heavy atom. The molecule has 0 spiro atoms. The van der Waals surface area contributed by atoms with Crippen LogP contribution in [0.25, 0.3) is 0 Å². The van der Waals surface area contributed by atoms with E-state index in [2.05, 4.69) is 23.3 Å². The van der Waals surface area contributed by atoms with Crippen LogP contribution >= 0.6 is 0 Å². The molecule has 28 heavy (non-hydrogen) atoms. The maximum atomic E-state index is 11.7. The first-order valence-corrected chi connectivity index (χ1v) is 9.89. The number of amides is 2. The predicted molar refractivity (Wildman–Crippen MR) is 102 cm³/mol. The molecule has 0 unspecified atom stereocenters. The summed E-state index contributed by atoms with van der Waals surface area (Å²) >= 11 is 0. The third-order valence-corrected chi connectivity index (χ3v) is 4.00. The Bertz CT molecular complexity index is 456. The standard InChI is InChI=1S/C18H34N4O6/c1-3-5-7-9-11-13-21(19)17(25)27-15(23)16(24)28-18(26)22(20)14-12-10-8-6-4-2/h3-14,19-20H2,1-2H3. The summed E-state index contributed by atoms with van der Waals surface area (Å²) in [5, 5.41) is 1.40. The monoisotopic (exact) mass is 402 g/mol. The van der Waals surface area contributed by atoms with Crippen molar-refractivity contribution in [1.29, 1.82) is 0 Å². The van der Waals surface area contributed by atoms with E-state index in [1.54, 1.807) is 0 Å². The first kappa shape index (κ1) is 25.8. The molecule has 4 N–H and O–H groups in total. The van der Waals surface area contributed by atoms with Gasteiger partial charge in [0.1, 0.15) is 0 Å². The van der Waals surface area contributed by atoms with E-state index in [0.29, 0.717) is 22.9 Å². The molecular weight excluding hydrogens is 368 g/mol. The molecule has 0 bridgehead atoms. The Morgan fingerprint density at radius 2 is 0.929 bits per heavy atom. The predicted octanol–water partition coefficient (Wildman–Crippen LogP) is 2.61. The van der Waals surface area contributed by atoms with Gasteiger partial charge in [-0.2, -0.15) is 0 Å². The van der Waals surface area contributed by atoms with Crippen LogP contribution < -0.4 is 11.7 Å². The molecule has 0 saturated carbocycles. The molecule has 0 aliphatic heterocycles. The molecule has 0 aromatic heterocycles. The third-order valence-electron chi connectivity index (χ3n) is 4.00. The van der Waals surface area contributed by atoms with Crippen LogP contribution in [0.4, 0.5) is 9.59 Å². The van der Waals surface area contributed by atoms with Gasteiger partial charge in [0.15, 0.2) is 0 Å². The lowest BCUT2D eigenvalue weighted by atomic mass is 10.1. The van der Waals surface area contributed by atoms with Crippen molar-refractivity contribution in [3.63, 3.8) is 0 Å². The van der Waals surface area contributed by atoms with Gasteiger partial charge in [0.05, 0.1) is 0 Å². The SMILES string of the molecule is CCCCCCCN(N)C(=O)OC(=O)C(=O)OC(=O)N(N)CCCCCCC. The summed E-state index contributed by atoms with van der Waals surface area (Å²) in [4.78, 5) is 46.4. The zero-order valence-electron chi connectivity index (χ0n) is 17.0. The molecule has 0 aromatic rings. The molecule has 0 aliphatic rings. The lowest BCUT2D eigenvalue weighted by Crippen LogP contribution is -2.43. The van der Waals surface area contributed by atoms with Gasteiger partial charge >= 0.3 is 24.1 Å². The molecule has 0 rings (SSSR count). The number of rotatable bonds is 12. The largest absolute Gasteiger partial charge is 0.432 e. The molecule has 0 fully saturated rings. The van der Waals surface area contributed by atoms with E-state index in [1.807, 2.05) is 0 Å². The topological polar surface area (TPSA) is 145 Å². The lowest BCUT2D eigenvalue weighted by molar-refractivity contribution is -0.161. The first-order valence-electron chi connectivity index (χ1n) is 9.89. The first-order chi connectivity index (χ1) is 13.3. The molecule has 0 saturated heterocycles. The summed E-state index contributed by atoms with van der Waals surface area (Å²) in [7, 11) is 0. The minimum Gasteiger partial charge on any atom is -0.366 e. The van der Waals surface area contributed by atoms with Crippen LogP contribution in [0.5, 0.6) is 0 Å². The number of unbranched alkanes of at least 4 members (excludes halogenated alkanes) is 8. The Hall–Kier alpha value is -2.20. The van der Waals surface area contributed by atoms with Gasteiger partial charge in [-0.1, -0.05) is 65.2 Å². The minimum absolute atomic E-state index is 0.179. The molecule has 0 radical (unpaired) electrons. The quantitative estimate of drug-likeness (QED) is 0.0963. The number of nitrogens with two attached hydrogens (primary N) is 2. The van der Waals surface area contributed by atoms with Crippen molar-refractivity contribution in [2.24, 2.45) is 11.7 Å². The number of hydrogen-bond donors (Lipinski definition) is 2. The summed E-state index contributed by atoms with van der Waals surface area (Å²) < 4.78 is 8.59. The van der Waals surface area contributed by atoms with E-state index < -0.39 is 24.1 Å². The summed E-state index contributed by atoms with van der Waals surface area (Å²) in [5.41, 5.74) is 0. The van der Waals surface area contributed by atoms with Gasteiger partial charge in [-0.15, -0.1) is 0 Å². The summed E-state index contributed by atoms with van der Waals surface area (Å²) in [6.07, 6.45) is 7.04. The smallest absolute Gasteiger partial charge is 0.366 e. The van der Waals surface area contributed by atoms with E-state index in [9.17, 15) is 19.2 Å². The van der Waals surface area contributed by atoms with Crippen molar-refractivity contribution >= 4 is 24.1 Å². The normalized spacial score (nSPS) is 10.3. The Morgan fingerprint density at radius 3 is 1.25 bits per heavy atom. The lowest BCUT2D eigenvalue weighted by Gasteiger charge is -2.16. The number of ether oxygens (including phenoxy) is 2. The van der Waals surface area contributed by atoms with E-state index in [4.69, 9.17) is 11.7 Å². The maximum Gasteiger partial charge on any atom is 0.432 e. The van der Waals surface area contributed by atoms with Crippen LogP contribution in [-0.2, 0) is 19.1 Å². The van der Waals surface area contributed by atoms with Crippen LogP contribution in [0.3, 0.4) is 0 Å². The van der Waals surface area contributed by atoms with Gasteiger partial charge in [-0.05, 0) is 12.8 Å². The third kappa shape index (κ3) is 12.2. The number of hydrazine groups is 2. The second-order valence-electron chi connectivity index (χ2n) is 6.53. The fourth-order valence-electron chi connectivity index (χ4n) is 2.31. The molecule has 10 nitrogen and oxygen atoms in total. The van der Waals surface area contributed by atoms with Gasteiger partial charge in [0, 0.05) is 13.1 Å². The molecule has 0 heterocycles. The Labute approximate surface area is 166 Å². The van der Waals surface area contributed by atoms with Crippen LogP contribution in [-0.4, -0.2) is 47.2 Å². The van der Waals surface area contributed by atoms with Crippen LogP contribution in [0.1, 0.15) is 78.1 Å². The van der Waals surface area contributed by atoms with E-state index in [-0.39, 0.29) is 13.1 Å². The summed E-state index contributed by atoms with van der Waals surface area (Å²) in [6.45, 7) is 4.52. The van der Waals surface area contributed by atoms with Crippen LogP contribution in [0.15, 0.2) is 0 Å². The van der Waals surface area contributed by atoms with Crippen molar-refractivity contribution in [1.82, 2.24) is 10.0 Å². The number of hydrogen-bond acceptors (Lipinski definition) is 8. The molecule has 0 atom stereocenters. The molecular formula is C18H34N4O6. The number of carbonyl (C=O) groups is 4.